The van der Waals surface area contributed by atoms with Crippen molar-refractivity contribution in [3.05, 3.63) is 252 Å². The fourth-order valence-electron chi connectivity index (χ4n) is 12.8. The maximum atomic E-state index is 7.99. The number of benzene rings is 10. The first kappa shape index (κ1) is 49.0. The van der Waals surface area contributed by atoms with Gasteiger partial charge in [-0.1, -0.05) is 218 Å². The lowest BCUT2D eigenvalue weighted by molar-refractivity contribution is 0.0763. The van der Waals surface area contributed by atoms with Crippen molar-refractivity contribution >= 4 is 87.0 Å². The fraction of sp³-hybridized carbons (Fsp3) is 0.0857. The number of methoxy groups -OCH3 is 2. The third kappa shape index (κ3) is 7.46. The molecule has 0 N–H and O–H groups in total. The zero-order valence-electron chi connectivity index (χ0n) is 45.3. The predicted octanol–water partition coefficient (Wildman–Crippen LogP) is 13.7. The minimum absolute atomic E-state index is 0.0874. The average Bonchev–Trinajstić information content (AvgIpc) is 3.29. The number of aromatic nitrogens is 2. The minimum Gasteiger partial charge on any atom is -0.382 e. The quantitative estimate of drug-likeness (QED) is 0.0893. The Morgan fingerprint density at radius 1 is 0.301 bits per heavy atom. The SMILES string of the molecule is COCCO[Si]1(OCCOC)n2c3c4c(-c5ccccc5)c5ccccc5c(-c5ccccc5)c4c2N=C2N=C(N=c4c5c(-c6ccccc6)c6ccccc6c(-c6ccccc6)c5c(n41)=NC1=NC(=N3)c3ccccc31)c1ccccc12. The Hall–Kier alpha value is -9.86. The minimum atomic E-state index is -4.77. The molecule has 2 aromatic heterocycles. The van der Waals surface area contributed by atoms with Crippen molar-refractivity contribution in [3.8, 4) is 44.5 Å². The first-order valence-corrected chi connectivity index (χ1v) is 29.6. The zero-order chi connectivity index (χ0) is 55.2. The van der Waals surface area contributed by atoms with E-state index < -0.39 is 8.88 Å². The Morgan fingerprint density at radius 3 is 0.916 bits per heavy atom. The molecule has 4 aliphatic heterocycles. The molecule has 0 saturated heterocycles. The van der Waals surface area contributed by atoms with Crippen molar-refractivity contribution in [3.63, 3.8) is 0 Å². The van der Waals surface area contributed by atoms with Crippen LogP contribution in [0.15, 0.2) is 248 Å². The molecular weight excluding hydrogens is 1040 g/mol. The fourth-order valence-corrected chi connectivity index (χ4v) is 16.1. The van der Waals surface area contributed by atoms with Crippen molar-refractivity contribution in [2.45, 2.75) is 0 Å². The van der Waals surface area contributed by atoms with Crippen molar-refractivity contribution in [2.75, 3.05) is 40.6 Å². The van der Waals surface area contributed by atoms with E-state index in [1.165, 1.54) is 0 Å². The Balaban J connectivity index is 1.27. The van der Waals surface area contributed by atoms with E-state index in [1.54, 1.807) is 14.2 Å². The molecule has 13 heteroatoms. The van der Waals surface area contributed by atoms with Crippen molar-refractivity contribution in [2.24, 2.45) is 30.0 Å². The number of amidine groups is 4. The summed E-state index contributed by atoms with van der Waals surface area (Å²) in [7, 11) is -1.39. The highest BCUT2D eigenvalue weighted by molar-refractivity contribution is 6.66. The van der Waals surface area contributed by atoms with Gasteiger partial charge in [-0.2, -0.15) is 0 Å². The first-order valence-electron chi connectivity index (χ1n) is 27.9. The van der Waals surface area contributed by atoms with E-state index in [9.17, 15) is 0 Å². The van der Waals surface area contributed by atoms with Gasteiger partial charge in [0.2, 0.25) is 0 Å². The molecule has 10 aromatic carbocycles. The summed E-state index contributed by atoms with van der Waals surface area (Å²) in [4.78, 5) is 35.1. The molecular formula is C70H50N8O4Si. The van der Waals surface area contributed by atoms with Crippen molar-refractivity contribution in [1.82, 2.24) is 8.47 Å². The molecule has 0 aliphatic carbocycles. The van der Waals surface area contributed by atoms with Crippen LogP contribution in [0, 0.1) is 0 Å². The Kier molecular flexibility index (Phi) is 11.6. The highest BCUT2D eigenvalue weighted by Gasteiger charge is 2.54. The van der Waals surface area contributed by atoms with Gasteiger partial charge in [-0.05, 0) is 43.8 Å². The van der Waals surface area contributed by atoms with Gasteiger partial charge < -0.3 is 18.3 Å². The third-order valence-corrected chi connectivity index (χ3v) is 19.4. The standard InChI is InChI=1S/C70H50N8O4Si/c1-79-39-41-81-83(82-42-40-80-2)77-67-59-55(43-23-7-3-8-24-43)47-31-15-16-32-48(47)56(44-25-9-4-10-26-44)60(59)68(77)74-64-53-37-21-22-38-54(53)66(72-64)76-70-62-58(46-29-13-6-14-30-46)50-34-18-17-33-49(50)57(45-27-11-5-12-28-45)61(62)69(78(70)83)75-65-52-36-20-19-35-51(52)63(71-65)73-67/h3-38H,39-42H2,1-2H3. The first-order chi connectivity index (χ1) is 41.1. The molecule has 0 spiro atoms. The molecule has 6 bridgehead atoms. The summed E-state index contributed by atoms with van der Waals surface area (Å²) >= 11 is 0. The highest BCUT2D eigenvalue weighted by atomic mass is 28.4. The van der Waals surface area contributed by atoms with E-state index in [-0.39, 0.29) is 26.4 Å². The molecule has 6 heterocycles. The zero-order valence-corrected chi connectivity index (χ0v) is 46.3. The lowest BCUT2D eigenvalue weighted by Crippen LogP contribution is -2.64. The second-order valence-electron chi connectivity index (χ2n) is 20.8. The van der Waals surface area contributed by atoms with Crippen LogP contribution in [0.3, 0.4) is 0 Å². The number of hydrogen-bond donors (Lipinski definition) is 0. The van der Waals surface area contributed by atoms with Crippen LogP contribution in [0.4, 0.5) is 11.6 Å². The molecule has 16 rings (SSSR count). The Labute approximate surface area is 478 Å². The van der Waals surface area contributed by atoms with E-state index in [4.69, 9.17) is 48.3 Å². The molecule has 0 amide bonds. The summed E-state index contributed by atoms with van der Waals surface area (Å²) in [6, 6.07) is 76.1. The highest BCUT2D eigenvalue weighted by Crippen LogP contribution is 2.54. The van der Waals surface area contributed by atoms with Crippen LogP contribution in [0.2, 0.25) is 0 Å². The van der Waals surface area contributed by atoms with Crippen molar-refractivity contribution in [1.29, 1.82) is 0 Å². The van der Waals surface area contributed by atoms with Gasteiger partial charge in [-0.3, -0.25) is 8.47 Å². The average molecular weight is 1100 g/mol. The third-order valence-electron chi connectivity index (χ3n) is 16.2. The number of aliphatic imine (C=N–C) groups is 4. The second kappa shape index (κ2) is 19.7. The number of ether oxygens (including phenoxy) is 2. The van der Waals surface area contributed by atoms with Gasteiger partial charge in [0.25, 0.3) is 0 Å². The van der Waals surface area contributed by atoms with Crippen molar-refractivity contribution < 1.29 is 18.3 Å². The number of fused-ring (bicyclic) bond motifs is 16. The van der Waals surface area contributed by atoms with Crippen LogP contribution < -0.4 is 11.0 Å². The van der Waals surface area contributed by atoms with Gasteiger partial charge in [-0.25, -0.2) is 30.0 Å². The van der Waals surface area contributed by atoms with Gasteiger partial charge in [0.1, 0.15) is 22.6 Å². The Morgan fingerprint density at radius 2 is 0.590 bits per heavy atom. The Bertz CT molecular complexity index is 4640. The monoisotopic (exact) mass is 1090 g/mol. The van der Waals surface area contributed by atoms with Gasteiger partial charge in [-0.15, -0.1) is 0 Å². The topological polar surface area (TPSA) is 121 Å². The van der Waals surface area contributed by atoms with Crippen LogP contribution in [0.5, 0.6) is 0 Å². The van der Waals surface area contributed by atoms with Crippen LogP contribution in [-0.4, -0.2) is 81.3 Å². The van der Waals surface area contributed by atoms with Crippen LogP contribution in [0.1, 0.15) is 22.3 Å². The molecule has 0 fully saturated rings. The lowest BCUT2D eigenvalue weighted by atomic mass is 9.87. The molecule has 0 radical (unpaired) electrons. The maximum absolute atomic E-state index is 7.99. The molecule has 12 aromatic rings. The summed E-state index contributed by atoms with van der Waals surface area (Å²) in [6.07, 6.45) is 0. The normalized spacial score (nSPS) is 14.4. The van der Waals surface area contributed by atoms with E-state index in [1.807, 2.05) is 24.3 Å². The van der Waals surface area contributed by atoms with Gasteiger partial charge in [0.05, 0.1) is 26.4 Å². The van der Waals surface area contributed by atoms with E-state index in [0.29, 0.717) is 46.0 Å². The summed E-state index contributed by atoms with van der Waals surface area (Å²) in [5, 5.41) is 7.42. The molecule has 83 heavy (non-hydrogen) atoms. The largest absolute Gasteiger partial charge is 0.603 e. The molecule has 0 atom stereocenters. The predicted molar refractivity (Wildman–Crippen MR) is 334 cm³/mol. The van der Waals surface area contributed by atoms with Crippen LogP contribution in [0.25, 0.3) is 87.6 Å². The van der Waals surface area contributed by atoms with Gasteiger partial charge in [0, 0.05) is 80.3 Å². The number of nitrogens with zero attached hydrogens (tertiary/aromatic N) is 8. The van der Waals surface area contributed by atoms with E-state index in [2.05, 4.69) is 203 Å². The molecule has 398 valence electrons. The summed E-state index contributed by atoms with van der Waals surface area (Å²) in [6.45, 7) is 0.611. The summed E-state index contributed by atoms with van der Waals surface area (Å²) < 4.78 is 32.3. The van der Waals surface area contributed by atoms with Gasteiger partial charge in [0.15, 0.2) is 23.3 Å². The molecule has 0 unspecified atom stereocenters. The smallest absolute Gasteiger partial charge is 0.382 e. The molecule has 12 nitrogen and oxygen atoms in total. The summed E-state index contributed by atoms with van der Waals surface area (Å²) in [5.74, 6) is 2.99. The van der Waals surface area contributed by atoms with E-state index in [0.717, 1.165) is 110 Å². The summed E-state index contributed by atoms with van der Waals surface area (Å²) in [5.41, 5.74) is 12.2. The lowest BCUT2D eigenvalue weighted by Gasteiger charge is -2.33. The maximum Gasteiger partial charge on any atom is 0.603 e. The molecule has 4 aliphatic rings. The van der Waals surface area contributed by atoms with Crippen LogP contribution >= 0.6 is 0 Å². The van der Waals surface area contributed by atoms with Crippen LogP contribution in [-0.2, 0) is 18.3 Å². The van der Waals surface area contributed by atoms with E-state index >= 15 is 0 Å². The molecule has 0 saturated carbocycles. The number of rotatable bonds is 12. The number of hydrogen-bond acceptors (Lipinski definition) is 10. The van der Waals surface area contributed by atoms with Gasteiger partial charge >= 0.3 is 8.88 Å². The second-order valence-corrected chi connectivity index (χ2v) is 23.4.